The molecule has 1 saturated heterocycles. The maximum Gasteiger partial charge on any atom is 0.314 e. The molecule has 0 spiro atoms. The number of hydrogen-bond donors (Lipinski definition) is 5. The summed E-state index contributed by atoms with van der Waals surface area (Å²) < 4.78 is 5.19. The van der Waals surface area contributed by atoms with Crippen molar-refractivity contribution in [1.29, 1.82) is 0 Å². The first kappa shape index (κ1) is 32.4. The number of benzene rings is 2. The Kier molecular flexibility index (Phi) is 12.6. The van der Waals surface area contributed by atoms with Crippen LogP contribution in [0.25, 0.3) is 0 Å². The Balaban J connectivity index is 1.70. The molecule has 0 aliphatic carbocycles. The maximum absolute atomic E-state index is 13.9. The zero-order chi connectivity index (χ0) is 30.5. The molecule has 3 rings (SSSR count). The third kappa shape index (κ3) is 9.20. The summed E-state index contributed by atoms with van der Waals surface area (Å²) in [5, 5.41) is 14.3. The van der Waals surface area contributed by atoms with Gasteiger partial charge >= 0.3 is 6.03 Å². The van der Waals surface area contributed by atoms with E-state index in [1.54, 1.807) is 26.0 Å². The number of methoxy groups -OCH3 is 1. The van der Waals surface area contributed by atoms with E-state index in [0.29, 0.717) is 38.8 Å². The van der Waals surface area contributed by atoms with Crippen LogP contribution in [0, 0.1) is 5.92 Å². The Morgan fingerprint density at radius 2 is 1.69 bits per heavy atom. The number of carbonyl (C=O) groups excluding carboxylic acids is 4. The highest BCUT2D eigenvalue weighted by Gasteiger charge is 2.39. The molecule has 11 nitrogen and oxygen atoms in total. The quantitative estimate of drug-likeness (QED) is 0.241. The second kappa shape index (κ2) is 16.4. The Hall–Kier alpha value is -4.12. The standard InChI is InChI=1S/C31H44N6O5/c1-21(28(38)34-17-16-22-12-14-25(42-4)15-13-22)37-18-8-11-24(20-35-31(41)33-3)27(30(37)40)36-29(39)26(32-2)19-23-9-6-5-7-10-23/h5-7,9-10,12-15,21,24,26-27,32H,8,11,16-20H2,1-4H3,(H,34,38)(H,36,39)(H2,33,35,41)/t21-,24+,26+,27-/m0/s1. The second-order valence-corrected chi connectivity index (χ2v) is 10.5. The third-order valence-corrected chi connectivity index (χ3v) is 7.71. The zero-order valence-electron chi connectivity index (χ0n) is 24.9. The first-order chi connectivity index (χ1) is 20.3. The normalized spacial score (nSPS) is 18.3. The van der Waals surface area contributed by atoms with Crippen molar-refractivity contribution in [2.75, 3.05) is 40.8 Å². The fourth-order valence-corrected chi connectivity index (χ4v) is 5.12. The van der Waals surface area contributed by atoms with E-state index in [0.717, 1.165) is 16.9 Å². The first-order valence-corrected chi connectivity index (χ1v) is 14.5. The Labute approximate surface area is 248 Å². The summed E-state index contributed by atoms with van der Waals surface area (Å²) in [4.78, 5) is 54.0. The van der Waals surface area contributed by atoms with Crippen molar-refractivity contribution < 1.29 is 23.9 Å². The van der Waals surface area contributed by atoms with Crippen LogP contribution in [-0.2, 0) is 27.2 Å². The number of nitrogens with zero attached hydrogens (tertiary/aromatic N) is 1. The molecule has 0 saturated carbocycles. The van der Waals surface area contributed by atoms with Crippen LogP contribution in [0.1, 0.15) is 30.9 Å². The summed E-state index contributed by atoms with van der Waals surface area (Å²) in [5.41, 5.74) is 2.04. The molecule has 2 aromatic rings. The van der Waals surface area contributed by atoms with Gasteiger partial charge in [0, 0.05) is 32.6 Å². The number of hydrogen-bond acceptors (Lipinski definition) is 6. The maximum atomic E-state index is 13.9. The van der Waals surface area contributed by atoms with Crippen LogP contribution < -0.4 is 31.3 Å². The second-order valence-electron chi connectivity index (χ2n) is 10.5. The van der Waals surface area contributed by atoms with Gasteiger partial charge in [0.1, 0.15) is 17.8 Å². The largest absolute Gasteiger partial charge is 0.497 e. The topological polar surface area (TPSA) is 141 Å². The predicted octanol–water partition coefficient (Wildman–Crippen LogP) is 1.23. The average molecular weight is 581 g/mol. The van der Waals surface area contributed by atoms with Gasteiger partial charge in [-0.25, -0.2) is 4.79 Å². The lowest BCUT2D eigenvalue weighted by molar-refractivity contribution is -0.143. The number of urea groups is 1. The molecule has 1 aliphatic rings. The molecular weight excluding hydrogens is 536 g/mol. The van der Waals surface area contributed by atoms with Crippen molar-refractivity contribution in [3.8, 4) is 5.75 Å². The van der Waals surface area contributed by atoms with Crippen molar-refractivity contribution in [1.82, 2.24) is 31.5 Å². The van der Waals surface area contributed by atoms with Gasteiger partial charge in [0.15, 0.2) is 0 Å². The summed E-state index contributed by atoms with van der Waals surface area (Å²) in [5.74, 6) is -0.493. The molecule has 2 aromatic carbocycles. The van der Waals surface area contributed by atoms with Gasteiger partial charge in [-0.15, -0.1) is 0 Å². The van der Waals surface area contributed by atoms with Crippen LogP contribution in [0.5, 0.6) is 5.75 Å². The highest BCUT2D eigenvalue weighted by Crippen LogP contribution is 2.21. The van der Waals surface area contributed by atoms with E-state index in [1.165, 1.54) is 7.05 Å². The van der Waals surface area contributed by atoms with E-state index in [4.69, 9.17) is 4.74 Å². The van der Waals surface area contributed by atoms with E-state index >= 15 is 0 Å². The molecule has 0 aromatic heterocycles. The average Bonchev–Trinajstić information content (AvgIpc) is 3.16. The van der Waals surface area contributed by atoms with Crippen LogP contribution in [0.3, 0.4) is 0 Å². The highest BCUT2D eigenvalue weighted by atomic mass is 16.5. The molecule has 42 heavy (non-hydrogen) atoms. The van der Waals surface area contributed by atoms with Gasteiger partial charge in [0.25, 0.3) is 0 Å². The molecule has 1 heterocycles. The van der Waals surface area contributed by atoms with E-state index in [1.807, 2.05) is 54.6 Å². The Morgan fingerprint density at radius 1 is 0.976 bits per heavy atom. The Morgan fingerprint density at radius 3 is 2.33 bits per heavy atom. The number of carbonyl (C=O) groups is 4. The predicted molar refractivity (Wildman–Crippen MR) is 161 cm³/mol. The summed E-state index contributed by atoms with van der Waals surface area (Å²) >= 11 is 0. The van der Waals surface area contributed by atoms with Crippen LogP contribution in [0.15, 0.2) is 54.6 Å². The zero-order valence-corrected chi connectivity index (χ0v) is 24.9. The number of nitrogens with one attached hydrogen (secondary N) is 5. The lowest BCUT2D eigenvalue weighted by atomic mass is 9.94. The van der Waals surface area contributed by atoms with Crippen molar-refractivity contribution in [2.45, 2.75) is 50.7 Å². The molecule has 1 fully saturated rings. The summed E-state index contributed by atoms with van der Waals surface area (Å²) in [6.07, 6.45) is 2.30. The van der Waals surface area contributed by atoms with Gasteiger partial charge in [-0.1, -0.05) is 42.5 Å². The third-order valence-electron chi connectivity index (χ3n) is 7.71. The number of likely N-dealkylation sites (tertiary alicyclic amines) is 1. The molecule has 5 N–H and O–H groups in total. The van der Waals surface area contributed by atoms with Crippen molar-refractivity contribution in [3.05, 3.63) is 65.7 Å². The van der Waals surface area contributed by atoms with Gasteiger partial charge in [-0.05, 0) is 62.9 Å². The minimum atomic E-state index is -0.904. The number of likely N-dealkylation sites (N-methyl/N-ethyl adjacent to an activating group) is 1. The fraction of sp³-hybridized carbons (Fsp3) is 0.484. The van der Waals surface area contributed by atoms with Crippen molar-refractivity contribution in [2.24, 2.45) is 5.92 Å². The molecule has 228 valence electrons. The summed E-state index contributed by atoms with van der Waals surface area (Å²) in [7, 11) is 4.84. The molecular formula is C31H44N6O5. The highest BCUT2D eigenvalue weighted by molar-refractivity contribution is 5.93. The lowest BCUT2D eigenvalue weighted by Crippen LogP contribution is -2.59. The molecule has 4 atom stereocenters. The molecule has 0 unspecified atom stereocenters. The van der Waals surface area contributed by atoms with Gasteiger partial charge in [0.2, 0.25) is 17.7 Å². The van der Waals surface area contributed by atoms with Gasteiger partial charge < -0.3 is 36.2 Å². The van der Waals surface area contributed by atoms with Crippen molar-refractivity contribution in [3.63, 3.8) is 0 Å². The molecule has 11 heteroatoms. The van der Waals surface area contributed by atoms with Crippen LogP contribution >= 0.6 is 0 Å². The lowest BCUT2D eigenvalue weighted by Gasteiger charge is -2.32. The monoisotopic (exact) mass is 580 g/mol. The van der Waals surface area contributed by atoms with E-state index in [2.05, 4.69) is 26.6 Å². The number of amides is 5. The van der Waals surface area contributed by atoms with E-state index in [-0.39, 0.29) is 36.2 Å². The summed E-state index contributed by atoms with van der Waals surface area (Å²) in [6.45, 7) is 2.69. The van der Waals surface area contributed by atoms with Gasteiger partial charge in [-0.3, -0.25) is 14.4 Å². The van der Waals surface area contributed by atoms with E-state index < -0.39 is 18.1 Å². The van der Waals surface area contributed by atoms with Crippen LogP contribution in [0.4, 0.5) is 4.79 Å². The van der Waals surface area contributed by atoms with Crippen LogP contribution in [0.2, 0.25) is 0 Å². The molecule has 0 radical (unpaired) electrons. The SMILES string of the molecule is CNC(=O)NC[C@H]1CCCN([C@@H](C)C(=O)NCCc2ccc(OC)cc2)C(=O)[C@H]1NC(=O)[C@@H](Cc1ccccc1)NC. The minimum Gasteiger partial charge on any atom is -0.497 e. The fourth-order valence-electron chi connectivity index (χ4n) is 5.12. The number of ether oxygens (including phenoxy) is 1. The van der Waals surface area contributed by atoms with Crippen molar-refractivity contribution >= 4 is 23.8 Å². The van der Waals surface area contributed by atoms with Gasteiger partial charge in [-0.2, -0.15) is 0 Å². The molecule has 5 amide bonds. The minimum absolute atomic E-state index is 0.204. The summed E-state index contributed by atoms with van der Waals surface area (Å²) in [6, 6.07) is 14.7. The van der Waals surface area contributed by atoms with Crippen LogP contribution in [-0.4, -0.2) is 87.6 Å². The smallest absolute Gasteiger partial charge is 0.314 e. The Bertz CT molecular complexity index is 1180. The van der Waals surface area contributed by atoms with E-state index in [9.17, 15) is 19.2 Å². The van der Waals surface area contributed by atoms with Gasteiger partial charge in [0.05, 0.1) is 13.2 Å². The molecule has 0 bridgehead atoms. The number of rotatable bonds is 13. The molecule has 1 aliphatic heterocycles. The first-order valence-electron chi connectivity index (χ1n) is 14.5.